The van der Waals surface area contributed by atoms with E-state index in [2.05, 4.69) is 31.2 Å². The summed E-state index contributed by atoms with van der Waals surface area (Å²) in [5.41, 5.74) is 0. The van der Waals surface area contributed by atoms with E-state index in [1.165, 1.54) is 83.5 Å². The van der Waals surface area contributed by atoms with Crippen LogP contribution in [0.4, 0.5) is 0 Å². The monoisotopic (exact) mass is 308 g/mol. The number of aliphatic hydroxyl groups excluding tert-OH is 1. The molecule has 0 radical (unpaired) electrons. The Morgan fingerprint density at radius 2 is 0.955 bits per heavy atom. The summed E-state index contributed by atoms with van der Waals surface area (Å²) < 4.78 is 0. The number of aliphatic hydroxyl groups is 1. The first-order valence-corrected chi connectivity index (χ1v) is 9.84. The molecule has 0 spiro atoms. The Balaban J connectivity index is 3.08. The minimum absolute atomic E-state index is 0.299. The maximum Gasteiger partial charge on any atom is 0.0433 e. The average molecular weight is 309 g/mol. The van der Waals surface area contributed by atoms with E-state index in [1.54, 1.807) is 0 Å². The van der Waals surface area contributed by atoms with Crippen LogP contribution in [0, 0.1) is 0 Å². The highest BCUT2D eigenvalue weighted by molar-refractivity contribution is 5.02. The van der Waals surface area contributed by atoms with Crippen molar-refractivity contribution in [3.8, 4) is 0 Å². The Kier molecular flexibility index (Phi) is 19.9. The van der Waals surface area contributed by atoms with Crippen LogP contribution >= 0.6 is 0 Å². The van der Waals surface area contributed by atoms with Crippen LogP contribution in [0.25, 0.3) is 0 Å². The quantitative estimate of drug-likeness (QED) is 0.227. The van der Waals surface area contributed by atoms with Crippen LogP contribution in [-0.2, 0) is 0 Å². The summed E-state index contributed by atoms with van der Waals surface area (Å²) >= 11 is 0. The molecule has 0 fully saturated rings. The van der Waals surface area contributed by atoms with Gasteiger partial charge in [0, 0.05) is 6.61 Å². The topological polar surface area (TPSA) is 20.2 Å². The first-order chi connectivity index (χ1) is 10.9. The molecule has 0 aliphatic rings. The van der Waals surface area contributed by atoms with E-state index in [0.717, 1.165) is 12.8 Å². The average Bonchev–Trinajstić information content (AvgIpc) is 2.54. The van der Waals surface area contributed by atoms with Gasteiger partial charge in [0.2, 0.25) is 0 Å². The van der Waals surface area contributed by atoms with Gasteiger partial charge in [0.05, 0.1) is 0 Å². The van der Waals surface area contributed by atoms with Crippen molar-refractivity contribution >= 4 is 0 Å². The van der Waals surface area contributed by atoms with Crippen molar-refractivity contribution in [2.45, 2.75) is 103 Å². The molecule has 0 atom stereocenters. The lowest BCUT2D eigenvalue weighted by molar-refractivity contribution is 0.289. The zero-order chi connectivity index (χ0) is 16.1. The number of hydrogen-bond acceptors (Lipinski definition) is 1. The molecule has 22 heavy (non-hydrogen) atoms. The van der Waals surface area contributed by atoms with Crippen molar-refractivity contribution in [3.05, 3.63) is 24.3 Å². The third kappa shape index (κ3) is 19.4. The predicted molar refractivity (Wildman–Crippen MR) is 100 cm³/mol. The maximum absolute atomic E-state index is 8.65. The van der Waals surface area contributed by atoms with Crippen molar-refractivity contribution in [1.82, 2.24) is 0 Å². The third-order valence-electron chi connectivity index (χ3n) is 4.14. The standard InChI is InChI=1S/C21H40O/c1-2-3-4-5-6-7-8-9-10-11-12-13-14-15-16-17-18-19-20-21-22/h15-18,22H,2-14,19-21H2,1H3/b16-15+,18-17+. The smallest absolute Gasteiger partial charge is 0.0433 e. The minimum Gasteiger partial charge on any atom is -0.396 e. The zero-order valence-corrected chi connectivity index (χ0v) is 15.1. The molecule has 0 rings (SSSR count). The second-order valence-electron chi connectivity index (χ2n) is 6.40. The summed E-state index contributed by atoms with van der Waals surface area (Å²) in [7, 11) is 0. The number of unbranched alkanes of at least 4 members (excludes halogenated alkanes) is 13. The van der Waals surface area contributed by atoms with Gasteiger partial charge in [-0.05, 0) is 25.7 Å². The molecule has 0 bridgehead atoms. The lowest BCUT2D eigenvalue weighted by Gasteiger charge is -2.02. The Hall–Kier alpha value is -0.560. The van der Waals surface area contributed by atoms with Crippen LogP contribution < -0.4 is 0 Å². The first kappa shape index (κ1) is 21.4. The molecule has 0 amide bonds. The molecule has 0 aliphatic carbocycles. The highest BCUT2D eigenvalue weighted by atomic mass is 16.2. The fraction of sp³-hybridized carbons (Fsp3) is 0.810. The van der Waals surface area contributed by atoms with Crippen LogP contribution in [0.2, 0.25) is 0 Å². The van der Waals surface area contributed by atoms with E-state index in [-0.39, 0.29) is 0 Å². The van der Waals surface area contributed by atoms with Crippen LogP contribution in [-0.4, -0.2) is 11.7 Å². The second-order valence-corrected chi connectivity index (χ2v) is 6.40. The zero-order valence-electron chi connectivity index (χ0n) is 15.1. The number of hydrogen-bond donors (Lipinski definition) is 1. The molecule has 0 aromatic rings. The summed E-state index contributed by atoms with van der Waals surface area (Å²) in [5, 5.41) is 8.65. The minimum atomic E-state index is 0.299. The summed E-state index contributed by atoms with van der Waals surface area (Å²) in [6.45, 7) is 2.58. The molecule has 0 aromatic carbocycles. The molecule has 0 unspecified atom stereocenters. The molecule has 130 valence electrons. The van der Waals surface area contributed by atoms with Gasteiger partial charge in [-0.2, -0.15) is 0 Å². The largest absolute Gasteiger partial charge is 0.396 e. The summed E-state index contributed by atoms with van der Waals surface area (Å²) in [6, 6.07) is 0. The molecular weight excluding hydrogens is 268 g/mol. The van der Waals surface area contributed by atoms with Crippen LogP contribution in [0.3, 0.4) is 0 Å². The molecule has 1 nitrogen and oxygen atoms in total. The van der Waals surface area contributed by atoms with Crippen LogP contribution in [0.5, 0.6) is 0 Å². The van der Waals surface area contributed by atoms with Gasteiger partial charge >= 0.3 is 0 Å². The highest BCUT2D eigenvalue weighted by Crippen LogP contribution is 2.12. The summed E-state index contributed by atoms with van der Waals surface area (Å²) in [4.78, 5) is 0. The van der Waals surface area contributed by atoms with Crippen molar-refractivity contribution < 1.29 is 5.11 Å². The normalized spacial score (nSPS) is 11.9. The van der Waals surface area contributed by atoms with E-state index in [1.807, 2.05) is 0 Å². The molecule has 0 saturated carbocycles. The molecular formula is C21H40O. The Morgan fingerprint density at radius 3 is 1.41 bits per heavy atom. The van der Waals surface area contributed by atoms with Crippen molar-refractivity contribution in [3.63, 3.8) is 0 Å². The molecule has 0 saturated heterocycles. The van der Waals surface area contributed by atoms with Crippen LogP contribution in [0.1, 0.15) is 103 Å². The lowest BCUT2D eigenvalue weighted by atomic mass is 10.0. The van der Waals surface area contributed by atoms with E-state index < -0.39 is 0 Å². The second kappa shape index (κ2) is 20.4. The fourth-order valence-corrected chi connectivity index (χ4v) is 2.66. The van der Waals surface area contributed by atoms with E-state index >= 15 is 0 Å². The maximum atomic E-state index is 8.65. The van der Waals surface area contributed by atoms with E-state index in [9.17, 15) is 0 Å². The Labute approximate surface area is 139 Å². The van der Waals surface area contributed by atoms with Gasteiger partial charge in [0.25, 0.3) is 0 Å². The lowest BCUT2D eigenvalue weighted by Crippen LogP contribution is -1.82. The van der Waals surface area contributed by atoms with Crippen molar-refractivity contribution in [1.29, 1.82) is 0 Å². The fourth-order valence-electron chi connectivity index (χ4n) is 2.66. The molecule has 1 N–H and O–H groups in total. The summed E-state index contributed by atoms with van der Waals surface area (Å²) in [5.74, 6) is 0. The van der Waals surface area contributed by atoms with Gasteiger partial charge in [-0.1, -0.05) is 102 Å². The van der Waals surface area contributed by atoms with Crippen LogP contribution in [0.15, 0.2) is 24.3 Å². The molecule has 0 aliphatic heterocycles. The van der Waals surface area contributed by atoms with Gasteiger partial charge in [-0.25, -0.2) is 0 Å². The van der Waals surface area contributed by atoms with E-state index in [4.69, 9.17) is 5.11 Å². The van der Waals surface area contributed by atoms with Gasteiger partial charge in [-0.3, -0.25) is 0 Å². The van der Waals surface area contributed by atoms with Gasteiger partial charge in [0.1, 0.15) is 0 Å². The summed E-state index contributed by atoms with van der Waals surface area (Å²) in [6.07, 6.45) is 28.8. The van der Waals surface area contributed by atoms with Gasteiger partial charge in [-0.15, -0.1) is 0 Å². The van der Waals surface area contributed by atoms with Crippen molar-refractivity contribution in [2.24, 2.45) is 0 Å². The number of allylic oxidation sites excluding steroid dienone is 4. The molecule has 0 aromatic heterocycles. The molecule has 0 heterocycles. The highest BCUT2D eigenvalue weighted by Gasteiger charge is 1.92. The Bertz CT molecular complexity index is 242. The third-order valence-corrected chi connectivity index (χ3v) is 4.14. The van der Waals surface area contributed by atoms with E-state index in [0.29, 0.717) is 6.61 Å². The van der Waals surface area contributed by atoms with Gasteiger partial charge in [0.15, 0.2) is 0 Å². The van der Waals surface area contributed by atoms with Gasteiger partial charge < -0.3 is 5.11 Å². The Morgan fingerprint density at radius 1 is 0.545 bits per heavy atom. The molecule has 1 heteroatoms. The predicted octanol–water partition coefficient (Wildman–Crippen LogP) is 6.96. The number of rotatable bonds is 17. The SMILES string of the molecule is CCCCCCCCCCCCCC/C=C/C=C/CCCO. The first-order valence-electron chi connectivity index (χ1n) is 9.84. The van der Waals surface area contributed by atoms with Crippen molar-refractivity contribution in [2.75, 3.05) is 6.61 Å².